The lowest BCUT2D eigenvalue weighted by molar-refractivity contribution is 0.623. The zero-order valence-corrected chi connectivity index (χ0v) is 6.81. The van der Waals surface area contributed by atoms with E-state index in [1.165, 1.54) is 51.4 Å². The Morgan fingerprint density at radius 2 is 1.10 bits per heavy atom. The highest BCUT2D eigenvalue weighted by Crippen LogP contribution is 2.22. The van der Waals surface area contributed by atoms with E-state index in [1.54, 1.807) is 0 Å². The Morgan fingerprint density at radius 3 is 1.60 bits per heavy atom. The zero-order chi connectivity index (χ0) is 7.23. The van der Waals surface area contributed by atoms with Crippen molar-refractivity contribution in [2.75, 3.05) is 0 Å². The molecule has 56 valence electrons. The van der Waals surface area contributed by atoms with Gasteiger partial charge in [-0.05, 0) is 0 Å². The van der Waals surface area contributed by atoms with Crippen LogP contribution in [-0.2, 0) is 0 Å². The van der Waals surface area contributed by atoms with Crippen molar-refractivity contribution in [3.63, 3.8) is 0 Å². The summed E-state index contributed by atoms with van der Waals surface area (Å²) in [5.74, 6) is 0.512. The average molecular weight is 136 g/mol. The zero-order valence-electron chi connectivity index (χ0n) is 6.81. The Hall–Kier alpha value is 0.0649. The van der Waals surface area contributed by atoms with E-state index >= 15 is 0 Å². The predicted octanol–water partition coefficient (Wildman–Crippen LogP) is 3.08. The molecule has 1 fully saturated rings. The van der Waals surface area contributed by atoms with Crippen LogP contribution in [0.3, 0.4) is 0 Å². The largest absolute Gasteiger partial charge is 0.0774 e. The van der Waals surface area contributed by atoms with E-state index in [2.05, 4.69) is 0 Å². The van der Waals surface area contributed by atoms with Crippen molar-refractivity contribution in [2.45, 2.75) is 57.2 Å². The van der Waals surface area contributed by atoms with Crippen molar-refractivity contribution >= 4 is 7.85 Å². The van der Waals surface area contributed by atoms with Crippen LogP contribution in [0.1, 0.15) is 51.4 Å². The van der Waals surface area contributed by atoms with E-state index in [0.29, 0.717) is 5.82 Å². The molecule has 0 aromatic rings. The maximum Gasteiger partial charge on any atom is 0.0699 e. The molecule has 0 aromatic heterocycles. The maximum absolute atomic E-state index is 5.87. The van der Waals surface area contributed by atoms with Gasteiger partial charge in [-0.3, -0.25) is 0 Å². The van der Waals surface area contributed by atoms with E-state index in [0.717, 1.165) is 0 Å². The Balaban J connectivity index is 2.15. The third-order valence-electron chi connectivity index (χ3n) is 2.40. The summed E-state index contributed by atoms with van der Waals surface area (Å²) in [4.78, 5) is 0. The second kappa shape index (κ2) is 4.82. The van der Waals surface area contributed by atoms with Gasteiger partial charge in [0.15, 0.2) is 0 Å². The van der Waals surface area contributed by atoms with Gasteiger partial charge in [-0.15, -0.1) is 0 Å². The van der Waals surface area contributed by atoms with Gasteiger partial charge in [0.05, 0.1) is 7.85 Å². The fourth-order valence-corrected chi connectivity index (χ4v) is 1.66. The summed E-state index contributed by atoms with van der Waals surface area (Å²) >= 11 is 0. The molecule has 0 amide bonds. The molecule has 0 bridgehead atoms. The summed E-state index contributed by atoms with van der Waals surface area (Å²) in [6.07, 6.45) is 10.9. The lowest BCUT2D eigenvalue weighted by Crippen LogP contribution is -1.90. The van der Waals surface area contributed by atoms with Crippen molar-refractivity contribution in [1.82, 2.24) is 0 Å². The number of hydrogen-bond acceptors (Lipinski definition) is 0. The highest BCUT2D eigenvalue weighted by molar-refractivity contribution is 6.11. The van der Waals surface area contributed by atoms with Crippen LogP contribution in [0.4, 0.5) is 0 Å². The van der Waals surface area contributed by atoms with Crippen LogP contribution in [0.15, 0.2) is 0 Å². The first-order valence-corrected chi connectivity index (χ1v) is 4.65. The molecular formula is C9H17B. The minimum absolute atomic E-state index is 0.512. The minimum atomic E-state index is 0.512. The van der Waals surface area contributed by atoms with E-state index in [9.17, 15) is 0 Å². The summed E-state index contributed by atoms with van der Waals surface area (Å²) in [5, 5.41) is 0. The molecule has 0 nitrogen and oxygen atoms in total. The van der Waals surface area contributed by atoms with Gasteiger partial charge in [-0.2, -0.15) is 0 Å². The Kier molecular flexibility index (Phi) is 3.93. The SMILES string of the molecule is [B]C1CCCCCCCC1. The van der Waals surface area contributed by atoms with Crippen LogP contribution in [0.2, 0.25) is 5.82 Å². The second-order valence-electron chi connectivity index (χ2n) is 3.46. The normalized spacial score (nSPS) is 24.8. The van der Waals surface area contributed by atoms with Crippen LogP contribution in [0.25, 0.3) is 0 Å². The molecule has 0 heterocycles. The van der Waals surface area contributed by atoms with E-state index in [1.807, 2.05) is 0 Å². The Labute approximate surface area is 65.8 Å². The third kappa shape index (κ3) is 3.29. The molecular weight excluding hydrogens is 119 g/mol. The second-order valence-corrected chi connectivity index (χ2v) is 3.46. The molecule has 0 aromatic carbocycles. The van der Waals surface area contributed by atoms with Crippen molar-refractivity contribution in [3.05, 3.63) is 0 Å². The molecule has 10 heavy (non-hydrogen) atoms. The van der Waals surface area contributed by atoms with Crippen molar-refractivity contribution in [1.29, 1.82) is 0 Å². The summed E-state index contributed by atoms with van der Waals surface area (Å²) in [6, 6.07) is 0. The Morgan fingerprint density at radius 1 is 0.700 bits per heavy atom. The summed E-state index contributed by atoms with van der Waals surface area (Å²) in [5.41, 5.74) is 0. The van der Waals surface area contributed by atoms with Gasteiger partial charge in [0.25, 0.3) is 0 Å². The van der Waals surface area contributed by atoms with Crippen molar-refractivity contribution in [3.8, 4) is 0 Å². The number of rotatable bonds is 0. The van der Waals surface area contributed by atoms with E-state index < -0.39 is 0 Å². The molecule has 0 spiro atoms. The summed E-state index contributed by atoms with van der Waals surface area (Å²) in [7, 11) is 5.87. The molecule has 1 saturated carbocycles. The smallest absolute Gasteiger partial charge is 0.0699 e. The third-order valence-corrected chi connectivity index (χ3v) is 2.40. The van der Waals surface area contributed by atoms with Gasteiger partial charge >= 0.3 is 0 Å². The first-order chi connectivity index (χ1) is 4.89. The van der Waals surface area contributed by atoms with Crippen LogP contribution in [-0.4, -0.2) is 7.85 Å². The summed E-state index contributed by atoms with van der Waals surface area (Å²) < 4.78 is 0. The standard InChI is InChI=1S/C9H17B/c10-9-7-5-3-1-2-4-6-8-9/h9H,1-8H2. The fourth-order valence-electron chi connectivity index (χ4n) is 1.66. The van der Waals surface area contributed by atoms with E-state index in [-0.39, 0.29) is 0 Å². The van der Waals surface area contributed by atoms with Crippen LogP contribution < -0.4 is 0 Å². The predicted molar refractivity (Wildman–Crippen MR) is 46.4 cm³/mol. The van der Waals surface area contributed by atoms with Gasteiger partial charge in [-0.25, -0.2) is 0 Å². The lowest BCUT2D eigenvalue weighted by Gasteiger charge is -2.07. The maximum atomic E-state index is 5.87. The number of hydrogen-bond donors (Lipinski definition) is 0. The molecule has 1 rings (SSSR count). The van der Waals surface area contributed by atoms with Gasteiger partial charge in [-0.1, -0.05) is 57.2 Å². The molecule has 0 unspecified atom stereocenters. The van der Waals surface area contributed by atoms with Crippen LogP contribution in [0.5, 0.6) is 0 Å². The minimum Gasteiger partial charge on any atom is -0.0774 e. The molecule has 0 N–H and O–H groups in total. The molecule has 1 aliphatic carbocycles. The molecule has 0 atom stereocenters. The molecule has 0 aliphatic heterocycles. The van der Waals surface area contributed by atoms with Gasteiger partial charge < -0.3 is 0 Å². The first-order valence-electron chi connectivity index (χ1n) is 4.65. The highest BCUT2D eigenvalue weighted by atomic mass is 14.1. The lowest BCUT2D eigenvalue weighted by atomic mass is 9.80. The fraction of sp³-hybridized carbons (Fsp3) is 1.00. The first kappa shape index (κ1) is 8.16. The van der Waals surface area contributed by atoms with Gasteiger partial charge in [0, 0.05) is 0 Å². The highest BCUT2D eigenvalue weighted by Gasteiger charge is 2.03. The van der Waals surface area contributed by atoms with Crippen LogP contribution >= 0.6 is 0 Å². The van der Waals surface area contributed by atoms with Crippen molar-refractivity contribution in [2.24, 2.45) is 0 Å². The molecule has 2 radical (unpaired) electrons. The molecule has 1 aliphatic rings. The average Bonchev–Trinajstić information content (AvgIpc) is 2.02. The van der Waals surface area contributed by atoms with Gasteiger partial charge in [0.1, 0.15) is 0 Å². The Bertz CT molecular complexity index is 70.8. The van der Waals surface area contributed by atoms with Crippen LogP contribution in [0, 0.1) is 0 Å². The molecule has 0 saturated heterocycles. The quantitative estimate of drug-likeness (QED) is 0.449. The summed E-state index contributed by atoms with van der Waals surface area (Å²) in [6.45, 7) is 0. The monoisotopic (exact) mass is 136 g/mol. The van der Waals surface area contributed by atoms with E-state index in [4.69, 9.17) is 7.85 Å². The topological polar surface area (TPSA) is 0 Å². The van der Waals surface area contributed by atoms with Gasteiger partial charge in [0.2, 0.25) is 0 Å². The molecule has 1 heteroatoms. The van der Waals surface area contributed by atoms with Crippen molar-refractivity contribution < 1.29 is 0 Å².